The van der Waals surface area contributed by atoms with E-state index in [0.717, 1.165) is 12.1 Å². The number of ether oxygens (including phenoxy) is 1. The second-order valence-electron chi connectivity index (χ2n) is 3.80. The van der Waals surface area contributed by atoms with Crippen LogP contribution in [0.5, 0.6) is 0 Å². The molecule has 0 amide bonds. The Hall–Kier alpha value is -1.47. The zero-order valence-corrected chi connectivity index (χ0v) is 10.4. The lowest BCUT2D eigenvalue weighted by molar-refractivity contribution is 0.0701. The Kier molecular flexibility index (Phi) is 3.93. The first-order valence-electron chi connectivity index (χ1n) is 5.46. The van der Waals surface area contributed by atoms with Crippen molar-refractivity contribution in [1.29, 1.82) is 0 Å². The molecule has 0 spiro atoms. The summed E-state index contributed by atoms with van der Waals surface area (Å²) in [6.07, 6.45) is 1.29. The van der Waals surface area contributed by atoms with Gasteiger partial charge in [-0.15, -0.1) is 4.40 Å². The average molecular weight is 272 g/mol. The molecule has 0 N–H and O–H groups in total. The molecule has 0 atom stereocenters. The van der Waals surface area contributed by atoms with E-state index in [1.54, 1.807) is 4.90 Å². The predicted molar refractivity (Wildman–Crippen MR) is 64.5 cm³/mol. The van der Waals surface area contributed by atoms with Gasteiger partial charge < -0.3 is 9.64 Å². The Morgan fingerprint density at radius 2 is 1.83 bits per heavy atom. The van der Waals surface area contributed by atoms with Gasteiger partial charge >= 0.3 is 0 Å². The number of rotatable bonds is 3. The Morgan fingerprint density at radius 3 is 2.44 bits per heavy atom. The first kappa shape index (κ1) is 13.0. The van der Waals surface area contributed by atoms with E-state index in [1.807, 2.05) is 0 Å². The fourth-order valence-electron chi connectivity index (χ4n) is 1.49. The van der Waals surface area contributed by atoms with Gasteiger partial charge in [-0.1, -0.05) is 0 Å². The van der Waals surface area contributed by atoms with Crippen molar-refractivity contribution in [3.63, 3.8) is 0 Å². The highest BCUT2D eigenvalue weighted by Crippen LogP contribution is 2.12. The van der Waals surface area contributed by atoms with Gasteiger partial charge in [0.25, 0.3) is 10.0 Å². The Morgan fingerprint density at radius 1 is 1.22 bits per heavy atom. The second kappa shape index (κ2) is 5.45. The molecule has 0 radical (unpaired) electrons. The molecule has 1 heterocycles. The maximum absolute atomic E-state index is 12.7. The minimum absolute atomic E-state index is 0.0200. The van der Waals surface area contributed by atoms with Crippen LogP contribution in [0.2, 0.25) is 0 Å². The van der Waals surface area contributed by atoms with Gasteiger partial charge in [0.15, 0.2) is 0 Å². The summed E-state index contributed by atoms with van der Waals surface area (Å²) in [6.45, 7) is 2.34. The smallest absolute Gasteiger partial charge is 0.283 e. The van der Waals surface area contributed by atoms with Crippen LogP contribution in [-0.2, 0) is 14.8 Å². The molecule has 0 saturated carbocycles. The van der Waals surface area contributed by atoms with Crippen molar-refractivity contribution in [3.05, 3.63) is 30.1 Å². The minimum Gasteiger partial charge on any atom is -0.378 e. The van der Waals surface area contributed by atoms with E-state index in [-0.39, 0.29) is 4.90 Å². The molecule has 1 aromatic carbocycles. The average Bonchev–Trinajstić information content (AvgIpc) is 2.38. The molecule has 1 aliphatic rings. The molecule has 0 aromatic heterocycles. The fraction of sp³-hybridized carbons (Fsp3) is 0.364. The van der Waals surface area contributed by atoms with Crippen LogP contribution in [0.3, 0.4) is 0 Å². The summed E-state index contributed by atoms with van der Waals surface area (Å²) in [5.41, 5.74) is 0. The fourth-order valence-corrected chi connectivity index (χ4v) is 2.35. The largest absolute Gasteiger partial charge is 0.378 e. The molecule has 1 aromatic rings. The number of nitrogens with zero attached hydrogens (tertiary/aromatic N) is 2. The molecule has 0 unspecified atom stereocenters. The molecule has 0 aliphatic carbocycles. The normalized spacial score (nSPS) is 17.3. The van der Waals surface area contributed by atoms with E-state index in [1.165, 1.54) is 18.5 Å². The summed E-state index contributed by atoms with van der Waals surface area (Å²) in [6, 6.07) is 4.58. The van der Waals surface area contributed by atoms with Gasteiger partial charge in [0.2, 0.25) is 0 Å². The summed E-state index contributed by atoms with van der Waals surface area (Å²) < 4.78 is 45.0. The topological polar surface area (TPSA) is 59.0 Å². The van der Waals surface area contributed by atoms with Crippen LogP contribution in [0.25, 0.3) is 0 Å². The highest BCUT2D eigenvalue weighted by Gasteiger charge is 2.13. The van der Waals surface area contributed by atoms with E-state index < -0.39 is 15.8 Å². The number of hydrogen-bond donors (Lipinski definition) is 0. The molecular formula is C11H13FN2O3S. The lowest BCUT2D eigenvalue weighted by atomic mass is 10.4. The van der Waals surface area contributed by atoms with Crippen molar-refractivity contribution in [1.82, 2.24) is 4.90 Å². The van der Waals surface area contributed by atoms with E-state index in [4.69, 9.17) is 4.74 Å². The molecule has 7 heteroatoms. The molecule has 1 saturated heterocycles. The van der Waals surface area contributed by atoms with Crippen molar-refractivity contribution in [2.24, 2.45) is 4.40 Å². The molecule has 1 fully saturated rings. The van der Waals surface area contributed by atoms with Gasteiger partial charge in [0.05, 0.1) is 18.1 Å². The van der Waals surface area contributed by atoms with Gasteiger partial charge in [-0.25, -0.2) is 4.39 Å². The molecule has 2 rings (SSSR count). The third-order valence-corrected chi connectivity index (χ3v) is 3.75. The van der Waals surface area contributed by atoms with E-state index >= 15 is 0 Å². The Labute approximate surface area is 105 Å². The molecular weight excluding hydrogens is 259 g/mol. The zero-order valence-electron chi connectivity index (χ0n) is 9.62. The number of halogens is 1. The third kappa shape index (κ3) is 3.27. The van der Waals surface area contributed by atoms with Crippen LogP contribution in [0.15, 0.2) is 33.6 Å². The van der Waals surface area contributed by atoms with Gasteiger partial charge in [-0.3, -0.25) is 0 Å². The van der Waals surface area contributed by atoms with Gasteiger partial charge in [0, 0.05) is 13.1 Å². The van der Waals surface area contributed by atoms with Crippen LogP contribution in [0, 0.1) is 5.82 Å². The van der Waals surface area contributed by atoms with Crippen molar-refractivity contribution < 1.29 is 17.5 Å². The van der Waals surface area contributed by atoms with Gasteiger partial charge in [-0.05, 0) is 24.3 Å². The van der Waals surface area contributed by atoms with Crippen LogP contribution in [0.4, 0.5) is 4.39 Å². The molecule has 18 heavy (non-hydrogen) atoms. The van der Waals surface area contributed by atoms with Crippen molar-refractivity contribution in [3.8, 4) is 0 Å². The summed E-state index contributed by atoms with van der Waals surface area (Å²) in [5.74, 6) is -0.480. The van der Waals surface area contributed by atoms with Crippen molar-refractivity contribution in [2.75, 3.05) is 26.3 Å². The lowest BCUT2D eigenvalue weighted by Gasteiger charge is -2.23. The predicted octanol–water partition coefficient (Wildman–Crippen LogP) is 0.875. The quantitative estimate of drug-likeness (QED) is 0.605. The van der Waals surface area contributed by atoms with Crippen molar-refractivity contribution in [2.45, 2.75) is 4.90 Å². The monoisotopic (exact) mass is 272 g/mol. The summed E-state index contributed by atoms with van der Waals surface area (Å²) in [5, 5.41) is 0. The van der Waals surface area contributed by atoms with E-state index in [2.05, 4.69) is 4.40 Å². The standard InChI is InChI=1S/C11H13FN2O3S/c12-10-1-3-11(4-2-10)18(15,16)13-9-14-5-7-17-8-6-14/h1-4,9H,5-8H2/b13-9+. The van der Waals surface area contributed by atoms with Crippen LogP contribution in [0.1, 0.15) is 0 Å². The van der Waals surface area contributed by atoms with Gasteiger partial charge in [0.1, 0.15) is 12.2 Å². The van der Waals surface area contributed by atoms with Crippen LogP contribution >= 0.6 is 0 Å². The SMILES string of the molecule is O=S(=O)(/N=C/N1CCOCC1)c1ccc(F)cc1. The van der Waals surface area contributed by atoms with Gasteiger partial charge in [-0.2, -0.15) is 8.42 Å². The minimum atomic E-state index is -3.76. The Balaban J connectivity index is 2.11. The van der Waals surface area contributed by atoms with Crippen LogP contribution in [-0.4, -0.2) is 46.0 Å². The Bertz CT molecular complexity index is 522. The number of benzene rings is 1. The lowest BCUT2D eigenvalue weighted by Crippen LogP contribution is -2.35. The highest BCUT2D eigenvalue weighted by molar-refractivity contribution is 7.90. The first-order chi connectivity index (χ1) is 8.58. The third-order valence-electron chi connectivity index (χ3n) is 2.51. The molecule has 1 aliphatic heterocycles. The summed E-state index contributed by atoms with van der Waals surface area (Å²) in [7, 11) is -3.76. The van der Waals surface area contributed by atoms with E-state index in [0.29, 0.717) is 26.3 Å². The second-order valence-corrected chi connectivity index (χ2v) is 5.43. The number of sulfonamides is 1. The molecule has 98 valence electrons. The number of morpholine rings is 1. The number of hydrogen-bond acceptors (Lipinski definition) is 3. The highest BCUT2D eigenvalue weighted by atomic mass is 32.2. The summed E-state index contributed by atoms with van der Waals surface area (Å²) >= 11 is 0. The maximum Gasteiger partial charge on any atom is 0.283 e. The summed E-state index contributed by atoms with van der Waals surface area (Å²) in [4.78, 5) is 1.75. The zero-order chi connectivity index (χ0) is 13.0. The maximum atomic E-state index is 12.7. The molecule has 5 nitrogen and oxygen atoms in total. The molecule has 0 bridgehead atoms. The first-order valence-corrected chi connectivity index (χ1v) is 6.90. The van der Waals surface area contributed by atoms with Crippen molar-refractivity contribution >= 4 is 16.4 Å². The van der Waals surface area contributed by atoms with Crippen LogP contribution < -0.4 is 0 Å². The van der Waals surface area contributed by atoms with E-state index in [9.17, 15) is 12.8 Å².